The summed E-state index contributed by atoms with van der Waals surface area (Å²) in [5, 5.41) is 8.07. The Morgan fingerprint density at radius 1 is 1.57 bits per heavy atom. The van der Waals surface area contributed by atoms with Gasteiger partial charge in [-0.3, -0.25) is 0 Å². The van der Waals surface area contributed by atoms with Gasteiger partial charge in [0.25, 0.3) is 0 Å². The molecule has 0 saturated carbocycles. The van der Waals surface area contributed by atoms with Gasteiger partial charge in [0, 0.05) is 6.61 Å². The van der Waals surface area contributed by atoms with Crippen molar-refractivity contribution in [3.8, 4) is 0 Å². The number of rotatable bonds is 2. The Morgan fingerprint density at radius 3 is 2.00 bits per heavy atom. The van der Waals surface area contributed by atoms with Crippen LogP contribution in [0.1, 0.15) is 22.6 Å². The quantitative estimate of drug-likeness (QED) is 0.557. The number of aliphatic hydroxyl groups is 1. The van der Waals surface area contributed by atoms with Crippen molar-refractivity contribution in [2.24, 2.45) is 0 Å². The molecule has 1 nitrogen and oxygen atoms in total. The second-order valence-electron chi connectivity index (χ2n) is 1.08. The van der Waals surface area contributed by atoms with Crippen LogP contribution < -0.4 is 0 Å². The van der Waals surface area contributed by atoms with Crippen LogP contribution in [0, 0.1) is 0 Å². The monoisotopic (exact) mass is 228 g/mol. The van der Waals surface area contributed by atoms with E-state index in [9.17, 15) is 0 Å². The summed E-state index contributed by atoms with van der Waals surface area (Å²) < 4.78 is 0. The predicted octanol–water partition coefficient (Wildman–Crippen LogP) is 1.24. The van der Waals surface area contributed by atoms with E-state index in [0.717, 1.165) is 12.8 Å². The molecule has 0 aliphatic heterocycles. The number of halogens is 1. The normalized spacial score (nSPS) is 6.00. The molecule has 0 aliphatic carbocycles. The molecule has 0 aromatic heterocycles. The summed E-state index contributed by atoms with van der Waals surface area (Å²) in [5.74, 6) is 0. The van der Waals surface area contributed by atoms with Crippen molar-refractivity contribution < 1.29 is 7.96 Å². The van der Waals surface area contributed by atoms with Crippen LogP contribution in [-0.4, -0.2) is 34.8 Å². The van der Waals surface area contributed by atoms with Gasteiger partial charge in [-0.05, 0) is 6.42 Å². The maximum Gasteiger partial charge on any atom is 2.00 e. The Labute approximate surface area is 81.0 Å². The maximum atomic E-state index is 8.07. The first-order valence-corrected chi connectivity index (χ1v) is 2.02. The van der Waals surface area contributed by atoms with Crippen LogP contribution in [-0.2, 0) is 0 Å². The van der Waals surface area contributed by atoms with E-state index in [1.165, 1.54) is 0 Å². The molecule has 0 radical (unpaired) electrons. The van der Waals surface area contributed by atoms with E-state index < -0.39 is 0 Å². The van der Waals surface area contributed by atoms with Gasteiger partial charge in [-0.1, -0.05) is 13.3 Å². The van der Waals surface area contributed by atoms with Crippen LogP contribution in [0.5, 0.6) is 0 Å². The molecule has 0 rings (SSSR count). The molecule has 0 spiro atoms. The van der Waals surface area contributed by atoms with Gasteiger partial charge >= 0.3 is 23.1 Å². The molecular formula is C4H13IMgO. The number of hydrogen-bond acceptors (Lipinski definition) is 1. The molecule has 0 saturated heterocycles. The third kappa shape index (κ3) is 18.6. The van der Waals surface area contributed by atoms with Gasteiger partial charge < -0.3 is 7.96 Å². The predicted molar refractivity (Wildman–Crippen MR) is 45.4 cm³/mol. The second-order valence-corrected chi connectivity index (χ2v) is 1.08. The molecule has 3 heteroatoms. The fraction of sp³-hybridized carbons (Fsp3) is 1.00. The van der Waals surface area contributed by atoms with Crippen LogP contribution >= 0.6 is 24.0 Å². The SMILES string of the molecule is CCCCO.I.[H-].[H-].[Mg+2]. The summed E-state index contributed by atoms with van der Waals surface area (Å²) in [5.41, 5.74) is 0. The van der Waals surface area contributed by atoms with Crippen molar-refractivity contribution in [1.29, 1.82) is 0 Å². The van der Waals surface area contributed by atoms with Crippen LogP contribution in [0.4, 0.5) is 0 Å². The topological polar surface area (TPSA) is 20.2 Å². The molecule has 7 heavy (non-hydrogen) atoms. The summed E-state index contributed by atoms with van der Waals surface area (Å²) in [6.07, 6.45) is 2.04. The van der Waals surface area contributed by atoms with Crippen molar-refractivity contribution >= 4 is 47.0 Å². The Hall–Kier alpha value is 1.46. The van der Waals surface area contributed by atoms with Crippen LogP contribution in [0.3, 0.4) is 0 Å². The van der Waals surface area contributed by atoms with Gasteiger partial charge in [0.15, 0.2) is 0 Å². The number of aliphatic hydroxyl groups excluding tert-OH is 1. The first kappa shape index (κ1) is 15.8. The van der Waals surface area contributed by atoms with E-state index in [2.05, 4.69) is 6.92 Å². The Bertz CT molecular complexity index is 26.0. The van der Waals surface area contributed by atoms with Crippen molar-refractivity contribution in [3.05, 3.63) is 0 Å². The van der Waals surface area contributed by atoms with Gasteiger partial charge in [-0.25, -0.2) is 0 Å². The molecule has 44 valence electrons. The van der Waals surface area contributed by atoms with Crippen molar-refractivity contribution in [1.82, 2.24) is 0 Å². The third-order valence-electron chi connectivity index (χ3n) is 0.512. The molecule has 0 aromatic rings. The standard InChI is InChI=1S/C4H10O.HI.Mg.2H/c1-2-3-4-5;;;;/h5H,2-4H2,1H3;1H;;;/q;;+2;2*-1. The fourth-order valence-corrected chi connectivity index (χ4v) is 0.158. The second kappa shape index (κ2) is 15.7. The zero-order valence-corrected chi connectivity index (χ0v) is 8.43. The Morgan fingerprint density at radius 2 is 2.00 bits per heavy atom. The molecule has 1 N–H and O–H groups in total. The summed E-state index contributed by atoms with van der Waals surface area (Å²) in [6, 6.07) is 0. The van der Waals surface area contributed by atoms with Gasteiger partial charge in [-0.15, -0.1) is 24.0 Å². The first-order valence-electron chi connectivity index (χ1n) is 2.02. The molecule has 0 amide bonds. The minimum Gasteiger partial charge on any atom is -1.00 e. The van der Waals surface area contributed by atoms with Crippen LogP contribution in [0.25, 0.3) is 0 Å². The largest absolute Gasteiger partial charge is 2.00 e. The minimum atomic E-state index is 0. The summed E-state index contributed by atoms with van der Waals surface area (Å²) in [6.45, 7) is 2.40. The van der Waals surface area contributed by atoms with Crippen molar-refractivity contribution in [2.75, 3.05) is 6.61 Å². The Balaban J connectivity index is -0.0000000133. The smallest absolute Gasteiger partial charge is 1.00 e. The number of hydrogen-bond donors (Lipinski definition) is 1. The van der Waals surface area contributed by atoms with Gasteiger partial charge in [0.2, 0.25) is 0 Å². The maximum absolute atomic E-state index is 8.07. The molecule has 0 aromatic carbocycles. The van der Waals surface area contributed by atoms with Crippen molar-refractivity contribution in [3.63, 3.8) is 0 Å². The molecule has 0 unspecified atom stereocenters. The average Bonchev–Trinajstić information content (AvgIpc) is 1.41. The molecule has 0 aliphatic rings. The van der Waals surface area contributed by atoms with E-state index in [4.69, 9.17) is 5.11 Å². The first-order chi connectivity index (χ1) is 2.41. The number of unbranched alkanes of at least 4 members (excludes halogenated alkanes) is 1. The van der Waals surface area contributed by atoms with Crippen LogP contribution in [0.15, 0.2) is 0 Å². The minimum absolute atomic E-state index is 0. The molecule has 0 bridgehead atoms. The van der Waals surface area contributed by atoms with Gasteiger partial charge in [-0.2, -0.15) is 0 Å². The summed E-state index contributed by atoms with van der Waals surface area (Å²) in [4.78, 5) is 0. The molecule has 0 heterocycles. The summed E-state index contributed by atoms with van der Waals surface area (Å²) >= 11 is 0. The molecular weight excluding hydrogens is 215 g/mol. The van der Waals surface area contributed by atoms with E-state index in [0.29, 0.717) is 6.61 Å². The van der Waals surface area contributed by atoms with Crippen LogP contribution in [0.2, 0.25) is 0 Å². The van der Waals surface area contributed by atoms with E-state index in [1.54, 1.807) is 0 Å². The average molecular weight is 228 g/mol. The van der Waals surface area contributed by atoms with E-state index in [-0.39, 0.29) is 49.9 Å². The van der Waals surface area contributed by atoms with Gasteiger partial charge in [0.05, 0.1) is 0 Å². The van der Waals surface area contributed by atoms with E-state index >= 15 is 0 Å². The zero-order valence-electron chi connectivity index (χ0n) is 6.68. The molecule has 0 atom stereocenters. The summed E-state index contributed by atoms with van der Waals surface area (Å²) in [7, 11) is 0. The van der Waals surface area contributed by atoms with Gasteiger partial charge in [0.1, 0.15) is 0 Å². The third-order valence-corrected chi connectivity index (χ3v) is 0.512. The zero-order chi connectivity index (χ0) is 4.12. The molecule has 0 fully saturated rings. The Kier molecular flexibility index (Phi) is 35.3. The fourth-order valence-electron chi connectivity index (χ4n) is 0.158. The van der Waals surface area contributed by atoms with Crippen molar-refractivity contribution in [2.45, 2.75) is 19.8 Å². The van der Waals surface area contributed by atoms with E-state index in [1.807, 2.05) is 0 Å².